The first-order valence-corrected chi connectivity index (χ1v) is 11.7. The summed E-state index contributed by atoms with van der Waals surface area (Å²) in [5, 5.41) is 13.7. The van der Waals surface area contributed by atoms with Gasteiger partial charge in [0, 0.05) is 38.5 Å². The lowest BCUT2D eigenvalue weighted by Gasteiger charge is -2.37. The molecule has 0 aliphatic heterocycles. The van der Waals surface area contributed by atoms with Crippen LogP contribution in [0.1, 0.15) is 62.9 Å². The van der Waals surface area contributed by atoms with E-state index in [0.29, 0.717) is 28.5 Å². The van der Waals surface area contributed by atoms with E-state index in [-0.39, 0.29) is 29.2 Å². The fourth-order valence-electron chi connectivity index (χ4n) is 4.53. The number of carbonyl (C=O) groups excluding carboxylic acids is 1. The van der Waals surface area contributed by atoms with Crippen molar-refractivity contribution in [1.82, 2.24) is 24.5 Å². The SMILES string of the molecule is CNc1cc(Nc2cccn(C(C)C)c2=O)nc2c(C(=O)N[C@H]3CCC[C@](C)(OC)C3)cnn12. The molecule has 4 rings (SSSR count). The average molecular weight is 468 g/mol. The summed E-state index contributed by atoms with van der Waals surface area (Å²) in [6.45, 7) is 5.98. The van der Waals surface area contributed by atoms with Gasteiger partial charge in [-0.2, -0.15) is 9.61 Å². The molecule has 3 aromatic rings. The van der Waals surface area contributed by atoms with E-state index < -0.39 is 0 Å². The zero-order valence-electron chi connectivity index (χ0n) is 20.4. The highest BCUT2D eigenvalue weighted by Crippen LogP contribution is 2.31. The quantitative estimate of drug-likeness (QED) is 0.488. The van der Waals surface area contributed by atoms with Crippen LogP contribution in [0, 0.1) is 0 Å². The van der Waals surface area contributed by atoms with E-state index in [4.69, 9.17) is 4.74 Å². The molecule has 3 aromatic heterocycles. The average Bonchev–Trinajstić information content (AvgIpc) is 3.24. The van der Waals surface area contributed by atoms with Gasteiger partial charge in [0.25, 0.3) is 11.5 Å². The maximum atomic E-state index is 13.2. The van der Waals surface area contributed by atoms with Crippen LogP contribution in [0.15, 0.2) is 35.4 Å². The van der Waals surface area contributed by atoms with Gasteiger partial charge in [0.15, 0.2) is 5.65 Å². The van der Waals surface area contributed by atoms with Gasteiger partial charge in [0.1, 0.15) is 22.9 Å². The second-order valence-corrected chi connectivity index (χ2v) is 9.34. The number of pyridine rings is 1. The Labute approximate surface area is 198 Å². The molecule has 1 aliphatic carbocycles. The Balaban J connectivity index is 1.64. The summed E-state index contributed by atoms with van der Waals surface area (Å²) in [5.74, 6) is 0.847. The Kier molecular flexibility index (Phi) is 6.60. The maximum absolute atomic E-state index is 13.2. The van der Waals surface area contributed by atoms with Gasteiger partial charge in [-0.25, -0.2) is 4.98 Å². The van der Waals surface area contributed by atoms with Crippen molar-refractivity contribution in [1.29, 1.82) is 0 Å². The van der Waals surface area contributed by atoms with Crippen LogP contribution in [0.25, 0.3) is 5.65 Å². The number of nitrogens with one attached hydrogen (secondary N) is 3. The van der Waals surface area contributed by atoms with Gasteiger partial charge in [0.05, 0.1) is 11.8 Å². The molecule has 0 bridgehead atoms. The van der Waals surface area contributed by atoms with Gasteiger partial charge in [-0.1, -0.05) is 0 Å². The number of nitrogens with zero attached hydrogens (tertiary/aromatic N) is 4. The summed E-state index contributed by atoms with van der Waals surface area (Å²) < 4.78 is 8.89. The van der Waals surface area contributed by atoms with Crippen molar-refractivity contribution < 1.29 is 9.53 Å². The lowest BCUT2D eigenvalue weighted by molar-refractivity contribution is -0.0314. The predicted molar refractivity (Wildman–Crippen MR) is 132 cm³/mol. The maximum Gasteiger partial charge on any atom is 0.274 e. The van der Waals surface area contributed by atoms with E-state index in [2.05, 4.69) is 33.0 Å². The highest BCUT2D eigenvalue weighted by molar-refractivity contribution is 6.00. The lowest BCUT2D eigenvalue weighted by Crippen LogP contribution is -2.45. The molecule has 3 N–H and O–H groups in total. The number of amides is 1. The molecule has 0 spiro atoms. The van der Waals surface area contributed by atoms with Crippen molar-refractivity contribution >= 4 is 28.9 Å². The third-order valence-electron chi connectivity index (χ3n) is 6.53. The molecule has 1 saturated carbocycles. The van der Waals surface area contributed by atoms with Crippen molar-refractivity contribution in [3.05, 3.63) is 46.5 Å². The molecule has 1 amide bonds. The molecule has 1 fully saturated rings. The minimum absolute atomic E-state index is 0.0186. The van der Waals surface area contributed by atoms with Crippen LogP contribution >= 0.6 is 0 Å². The van der Waals surface area contributed by atoms with Crippen LogP contribution in [-0.4, -0.2) is 50.9 Å². The Hall–Kier alpha value is -3.40. The molecular formula is C24H33N7O3. The van der Waals surface area contributed by atoms with Gasteiger partial charge in [-0.3, -0.25) is 9.59 Å². The van der Waals surface area contributed by atoms with Gasteiger partial charge in [-0.05, 0) is 58.6 Å². The number of anilines is 3. The fourth-order valence-corrected chi connectivity index (χ4v) is 4.53. The second kappa shape index (κ2) is 9.46. The number of fused-ring (bicyclic) bond motifs is 1. The smallest absolute Gasteiger partial charge is 0.274 e. The first-order valence-electron chi connectivity index (χ1n) is 11.7. The molecule has 2 atom stereocenters. The van der Waals surface area contributed by atoms with Crippen molar-refractivity contribution in [2.75, 3.05) is 24.8 Å². The van der Waals surface area contributed by atoms with Gasteiger partial charge >= 0.3 is 0 Å². The summed E-state index contributed by atoms with van der Waals surface area (Å²) in [7, 11) is 3.48. The van der Waals surface area contributed by atoms with Crippen molar-refractivity contribution in [3.8, 4) is 0 Å². The van der Waals surface area contributed by atoms with E-state index in [1.807, 2.05) is 19.9 Å². The van der Waals surface area contributed by atoms with Gasteiger partial charge < -0.3 is 25.3 Å². The predicted octanol–water partition coefficient (Wildman–Crippen LogP) is 3.33. The Bertz CT molecular complexity index is 1250. The molecule has 3 heterocycles. The zero-order chi connectivity index (χ0) is 24.5. The van der Waals surface area contributed by atoms with E-state index in [9.17, 15) is 9.59 Å². The van der Waals surface area contributed by atoms with E-state index in [1.54, 1.807) is 41.6 Å². The Morgan fingerprint density at radius 2 is 2.15 bits per heavy atom. The monoisotopic (exact) mass is 467 g/mol. The topological polar surface area (TPSA) is 115 Å². The number of aromatic nitrogens is 4. The highest BCUT2D eigenvalue weighted by atomic mass is 16.5. The summed E-state index contributed by atoms with van der Waals surface area (Å²) in [6, 6.07) is 5.33. The van der Waals surface area contributed by atoms with E-state index in [0.717, 1.165) is 25.7 Å². The zero-order valence-corrected chi connectivity index (χ0v) is 20.4. The molecule has 182 valence electrons. The van der Waals surface area contributed by atoms with Gasteiger partial charge in [0.2, 0.25) is 0 Å². The molecule has 34 heavy (non-hydrogen) atoms. The molecule has 10 nitrogen and oxygen atoms in total. The number of carbonyl (C=O) groups is 1. The highest BCUT2D eigenvalue weighted by Gasteiger charge is 2.33. The summed E-state index contributed by atoms with van der Waals surface area (Å²) in [6.07, 6.45) is 6.91. The summed E-state index contributed by atoms with van der Waals surface area (Å²) in [5.41, 5.74) is 0.802. The van der Waals surface area contributed by atoms with Crippen LogP contribution in [0.4, 0.5) is 17.3 Å². The summed E-state index contributed by atoms with van der Waals surface area (Å²) in [4.78, 5) is 30.6. The summed E-state index contributed by atoms with van der Waals surface area (Å²) >= 11 is 0. The van der Waals surface area contributed by atoms with Crippen molar-refractivity contribution in [2.24, 2.45) is 0 Å². The van der Waals surface area contributed by atoms with Crippen LogP contribution in [0.3, 0.4) is 0 Å². The second-order valence-electron chi connectivity index (χ2n) is 9.34. The van der Waals surface area contributed by atoms with Crippen molar-refractivity contribution in [2.45, 2.75) is 64.1 Å². The van der Waals surface area contributed by atoms with E-state index >= 15 is 0 Å². The Morgan fingerprint density at radius 3 is 2.85 bits per heavy atom. The first kappa shape index (κ1) is 23.7. The molecule has 0 aromatic carbocycles. The minimum Gasteiger partial charge on any atom is -0.378 e. The van der Waals surface area contributed by atoms with Crippen molar-refractivity contribution in [3.63, 3.8) is 0 Å². The molecule has 0 unspecified atom stereocenters. The normalized spacial score (nSPS) is 20.5. The molecule has 0 radical (unpaired) electrons. The minimum atomic E-state index is -0.232. The number of hydrogen-bond acceptors (Lipinski definition) is 7. The lowest BCUT2D eigenvalue weighted by atomic mass is 9.83. The molecule has 1 aliphatic rings. The number of methoxy groups -OCH3 is 1. The third-order valence-corrected chi connectivity index (χ3v) is 6.53. The third kappa shape index (κ3) is 4.63. The van der Waals surface area contributed by atoms with Crippen LogP contribution in [0.5, 0.6) is 0 Å². The number of ether oxygens (including phenoxy) is 1. The molecular weight excluding hydrogens is 434 g/mol. The number of hydrogen-bond donors (Lipinski definition) is 3. The fraction of sp³-hybridized carbons (Fsp3) is 0.500. The van der Waals surface area contributed by atoms with Gasteiger partial charge in [-0.15, -0.1) is 0 Å². The van der Waals surface area contributed by atoms with Crippen LogP contribution in [-0.2, 0) is 4.74 Å². The van der Waals surface area contributed by atoms with Crippen LogP contribution < -0.4 is 21.5 Å². The largest absolute Gasteiger partial charge is 0.378 e. The number of rotatable bonds is 7. The standard InChI is InChI=1S/C24H33N7O3/c1-15(2)30-11-7-9-18(23(30)33)28-19-12-20(25-4)31-21(29-19)17(14-26-31)22(32)27-16-8-6-10-24(3,13-16)34-5/h7,9,11-12,14-16,25H,6,8,10,13H2,1-5H3,(H,27,32)(H,28,29)/t16-,24-/m0/s1. The molecule has 10 heteroatoms. The first-order chi connectivity index (χ1) is 16.2. The Morgan fingerprint density at radius 1 is 1.35 bits per heavy atom. The van der Waals surface area contributed by atoms with Crippen LogP contribution in [0.2, 0.25) is 0 Å². The molecule has 0 saturated heterocycles. The van der Waals surface area contributed by atoms with E-state index in [1.165, 1.54) is 6.20 Å².